The molecule has 0 aliphatic rings. The number of aryl methyl sites for hydroxylation is 1. The lowest BCUT2D eigenvalue weighted by Gasteiger charge is -2.33. The van der Waals surface area contributed by atoms with Crippen LogP contribution in [0.2, 0.25) is 0 Å². The van der Waals surface area contributed by atoms with Crippen molar-refractivity contribution >= 4 is 17.9 Å². The van der Waals surface area contributed by atoms with Crippen LogP contribution in [0.15, 0.2) is 24.3 Å². The molecular formula is C22H35N3O5. The Hall–Kier alpha value is -2.61. The molecule has 0 aliphatic carbocycles. The third kappa shape index (κ3) is 8.02. The average molecular weight is 422 g/mol. The van der Waals surface area contributed by atoms with E-state index >= 15 is 0 Å². The van der Waals surface area contributed by atoms with E-state index in [0.29, 0.717) is 5.56 Å². The van der Waals surface area contributed by atoms with E-state index < -0.39 is 41.8 Å². The van der Waals surface area contributed by atoms with Gasteiger partial charge < -0.3 is 25.4 Å². The van der Waals surface area contributed by atoms with Crippen molar-refractivity contribution < 1.29 is 24.2 Å². The molecule has 0 saturated carbocycles. The molecule has 30 heavy (non-hydrogen) atoms. The normalized spacial score (nSPS) is 13.8. The van der Waals surface area contributed by atoms with Gasteiger partial charge in [-0.2, -0.15) is 0 Å². The Morgan fingerprint density at radius 1 is 1.07 bits per heavy atom. The van der Waals surface area contributed by atoms with Crippen molar-refractivity contribution in [2.75, 3.05) is 13.7 Å². The van der Waals surface area contributed by atoms with Gasteiger partial charge in [-0.05, 0) is 54.0 Å². The summed E-state index contributed by atoms with van der Waals surface area (Å²) in [7, 11) is 1.47. The topological polar surface area (TPSA) is 108 Å². The number of aliphatic hydroxyl groups excluding tert-OH is 1. The number of alkyl carbamates (subject to hydrolysis) is 1. The summed E-state index contributed by atoms with van der Waals surface area (Å²) < 4.78 is 5.16. The van der Waals surface area contributed by atoms with Crippen LogP contribution in [0.3, 0.4) is 0 Å². The number of benzene rings is 1. The Balaban J connectivity index is 3.15. The van der Waals surface area contributed by atoms with Crippen LogP contribution in [0.1, 0.15) is 58.7 Å². The first-order chi connectivity index (χ1) is 13.6. The monoisotopic (exact) mass is 421 g/mol. The molecule has 2 atom stereocenters. The Morgan fingerprint density at radius 3 is 2.03 bits per heavy atom. The summed E-state index contributed by atoms with van der Waals surface area (Å²) in [6.45, 7) is 11.9. The molecule has 168 valence electrons. The van der Waals surface area contributed by atoms with Crippen molar-refractivity contribution in [1.82, 2.24) is 15.5 Å². The molecule has 0 fully saturated rings. The number of nitrogens with one attached hydrogen (secondary N) is 2. The first-order valence-corrected chi connectivity index (χ1v) is 9.90. The van der Waals surface area contributed by atoms with Gasteiger partial charge in [-0.25, -0.2) is 4.79 Å². The maximum atomic E-state index is 13.0. The van der Waals surface area contributed by atoms with Gasteiger partial charge in [0.1, 0.15) is 17.7 Å². The zero-order valence-electron chi connectivity index (χ0n) is 19.2. The van der Waals surface area contributed by atoms with Crippen molar-refractivity contribution in [3.05, 3.63) is 35.4 Å². The van der Waals surface area contributed by atoms with Gasteiger partial charge in [0.25, 0.3) is 0 Å². The summed E-state index contributed by atoms with van der Waals surface area (Å²) in [4.78, 5) is 39.4. The number of nitrogens with zero attached hydrogens (tertiary/aromatic N) is 1. The van der Waals surface area contributed by atoms with Gasteiger partial charge in [0.05, 0.1) is 6.61 Å². The fraction of sp³-hybridized carbons (Fsp3) is 0.591. The predicted molar refractivity (Wildman–Crippen MR) is 115 cm³/mol. The van der Waals surface area contributed by atoms with E-state index in [4.69, 9.17) is 4.74 Å². The molecule has 0 bridgehead atoms. The Labute approximate surface area is 179 Å². The lowest BCUT2D eigenvalue weighted by atomic mass is 10.0. The van der Waals surface area contributed by atoms with Crippen molar-refractivity contribution in [3.8, 4) is 0 Å². The average Bonchev–Trinajstić information content (AvgIpc) is 2.57. The minimum absolute atomic E-state index is 0.365. The van der Waals surface area contributed by atoms with Gasteiger partial charge in [0.15, 0.2) is 0 Å². The summed E-state index contributed by atoms with van der Waals surface area (Å²) >= 11 is 0. The van der Waals surface area contributed by atoms with Crippen LogP contribution in [-0.2, 0) is 14.3 Å². The van der Waals surface area contributed by atoms with Gasteiger partial charge in [0.2, 0.25) is 11.8 Å². The van der Waals surface area contributed by atoms with Crippen molar-refractivity contribution in [3.63, 3.8) is 0 Å². The van der Waals surface area contributed by atoms with Crippen LogP contribution in [0.5, 0.6) is 0 Å². The van der Waals surface area contributed by atoms with E-state index in [1.165, 1.54) is 11.9 Å². The number of rotatable bonds is 6. The smallest absolute Gasteiger partial charge is 0.408 e. The molecule has 1 aromatic carbocycles. The fourth-order valence-corrected chi connectivity index (χ4v) is 2.75. The summed E-state index contributed by atoms with van der Waals surface area (Å²) in [5, 5.41) is 15.0. The zero-order valence-corrected chi connectivity index (χ0v) is 19.2. The molecule has 0 aromatic heterocycles. The number of amides is 3. The van der Waals surface area contributed by atoms with E-state index in [9.17, 15) is 19.5 Å². The van der Waals surface area contributed by atoms with Gasteiger partial charge >= 0.3 is 6.09 Å². The molecule has 3 amide bonds. The van der Waals surface area contributed by atoms with Gasteiger partial charge in [-0.15, -0.1) is 0 Å². The van der Waals surface area contributed by atoms with Crippen LogP contribution in [0, 0.1) is 6.92 Å². The maximum absolute atomic E-state index is 13.0. The van der Waals surface area contributed by atoms with Crippen LogP contribution in [0.25, 0.3) is 0 Å². The number of hydrogen-bond donors (Lipinski definition) is 3. The molecule has 0 radical (unpaired) electrons. The lowest BCUT2D eigenvalue weighted by Crippen LogP contribution is -2.54. The Bertz CT molecular complexity index is 748. The summed E-state index contributed by atoms with van der Waals surface area (Å²) in [5.74, 6) is -0.978. The van der Waals surface area contributed by atoms with Crippen LogP contribution < -0.4 is 10.6 Å². The lowest BCUT2D eigenvalue weighted by molar-refractivity contribution is -0.142. The van der Waals surface area contributed by atoms with E-state index in [0.717, 1.165) is 5.56 Å². The Morgan fingerprint density at radius 2 is 1.60 bits per heavy atom. The second-order valence-corrected chi connectivity index (χ2v) is 9.38. The third-order valence-corrected chi connectivity index (χ3v) is 4.05. The highest BCUT2D eigenvalue weighted by atomic mass is 16.6. The van der Waals surface area contributed by atoms with E-state index in [1.807, 2.05) is 39.8 Å². The van der Waals surface area contributed by atoms with Crippen LogP contribution >= 0.6 is 0 Å². The SMILES string of the molecule is Cc1ccc(C(C(=O)NC(C)(C)C)N(C)C(=O)C(CO)NC(=O)OC(C)(C)C)cc1. The molecule has 1 aromatic rings. The third-order valence-electron chi connectivity index (χ3n) is 4.05. The predicted octanol–water partition coefficient (Wildman–Crippen LogP) is 2.29. The largest absolute Gasteiger partial charge is 0.444 e. The molecule has 0 aliphatic heterocycles. The summed E-state index contributed by atoms with van der Waals surface area (Å²) in [6.07, 6.45) is -0.825. The number of hydrogen-bond acceptors (Lipinski definition) is 5. The zero-order chi connectivity index (χ0) is 23.3. The molecular weight excluding hydrogens is 386 g/mol. The molecule has 0 heterocycles. The van der Waals surface area contributed by atoms with Crippen LogP contribution in [0.4, 0.5) is 4.79 Å². The molecule has 0 spiro atoms. The summed E-state index contributed by atoms with van der Waals surface area (Å²) in [6, 6.07) is 5.08. The first kappa shape index (κ1) is 25.4. The molecule has 3 N–H and O–H groups in total. The standard InChI is InChI=1S/C22H35N3O5/c1-14-9-11-15(12-10-14)17(18(27)24-21(2,3)4)25(8)19(28)16(13-26)23-20(29)30-22(5,6)7/h9-12,16-17,26H,13H2,1-8H3,(H,23,29)(H,24,27). The number of aliphatic hydroxyl groups is 1. The van der Waals surface area contributed by atoms with Gasteiger partial charge in [-0.3, -0.25) is 9.59 Å². The molecule has 1 rings (SSSR count). The quantitative estimate of drug-likeness (QED) is 0.653. The number of likely N-dealkylation sites (N-methyl/N-ethyl adjacent to an activating group) is 1. The first-order valence-electron chi connectivity index (χ1n) is 9.90. The minimum atomic E-state index is -1.25. The number of carbonyl (C=O) groups is 3. The Kier molecular flexibility index (Phi) is 8.42. The van der Waals surface area contributed by atoms with Gasteiger partial charge in [0, 0.05) is 12.6 Å². The highest BCUT2D eigenvalue weighted by Crippen LogP contribution is 2.22. The minimum Gasteiger partial charge on any atom is -0.444 e. The van der Waals surface area contributed by atoms with Crippen LogP contribution in [-0.4, -0.2) is 58.8 Å². The van der Waals surface area contributed by atoms with E-state index in [-0.39, 0.29) is 5.91 Å². The fourth-order valence-electron chi connectivity index (χ4n) is 2.75. The van der Waals surface area contributed by atoms with Crippen molar-refractivity contribution in [2.45, 2.75) is 71.7 Å². The number of ether oxygens (including phenoxy) is 1. The summed E-state index contributed by atoms with van der Waals surface area (Å²) in [5.41, 5.74) is 0.375. The van der Waals surface area contributed by atoms with Crippen molar-refractivity contribution in [1.29, 1.82) is 0 Å². The second-order valence-electron chi connectivity index (χ2n) is 9.38. The highest BCUT2D eigenvalue weighted by Gasteiger charge is 2.34. The van der Waals surface area contributed by atoms with E-state index in [1.54, 1.807) is 32.9 Å². The van der Waals surface area contributed by atoms with Gasteiger partial charge in [-0.1, -0.05) is 29.8 Å². The second kappa shape index (κ2) is 9.93. The molecule has 8 heteroatoms. The number of carbonyl (C=O) groups excluding carboxylic acids is 3. The van der Waals surface area contributed by atoms with E-state index in [2.05, 4.69) is 10.6 Å². The van der Waals surface area contributed by atoms with Crippen molar-refractivity contribution in [2.24, 2.45) is 0 Å². The molecule has 0 saturated heterocycles. The maximum Gasteiger partial charge on any atom is 0.408 e. The molecule has 2 unspecified atom stereocenters. The highest BCUT2D eigenvalue weighted by molar-refractivity contribution is 5.92. The molecule has 8 nitrogen and oxygen atoms in total.